The summed E-state index contributed by atoms with van der Waals surface area (Å²) < 4.78 is 66.0. The Bertz CT molecular complexity index is 703. The van der Waals surface area contributed by atoms with Crippen LogP contribution >= 0.6 is 0 Å². The van der Waals surface area contributed by atoms with Crippen molar-refractivity contribution in [3.63, 3.8) is 0 Å². The number of nitrogens with zero attached hydrogens (tertiary/aromatic N) is 2. The lowest BCUT2D eigenvalue weighted by Crippen LogP contribution is -2.28. The molecule has 0 aliphatic rings. The summed E-state index contributed by atoms with van der Waals surface area (Å²) in [6.45, 7) is -0.219. The molecule has 1 heterocycles. The van der Waals surface area contributed by atoms with E-state index in [1.165, 1.54) is 13.1 Å². The second-order valence-electron chi connectivity index (χ2n) is 4.77. The van der Waals surface area contributed by atoms with E-state index in [4.69, 9.17) is 0 Å². The number of rotatable bonds is 4. The molecule has 1 amide bonds. The van der Waals surface area contributed by atoms with E-state index in [-0.39, 0.29) is 18.5 Å². The van der Waals surface area contributed by atoms with Crippen LogP contribution in [-0.2, 0) is 19.6 Å². The van der Waals surface area contributed by atoms with Crippen LogP contribution in [0.3, 0.4) is 0 Å². The second kappa shape index (κ2) is 6.35. The van der Waals surface area contributed by atoms with Gasteiger partial charge in [0.05, 0.1) is 5.56 Å². The first-order valence-electron chi connectivity index (χ1n) is 6.52. The Labute approximate surface area is 127 Å². The zero-order valence-corrected chi connectivity index (χ0v) is 11.9. The summed E-state index contributed by atoms with van der Waals surface area (Å²) in [5.74, 6) is -2.57. The van der Waals surface area contributed by atoms with Gasteiger partial charge in [0.15, 0.2) is 5.69 Å². The largest absolute Gasteiger partial charge is 0.435 e. The molecule has 124 valence electrons. The zero-order valence-electron chi connectivity index (χ0n) is 11.9. The van der Waals surface area contributed by atoms with Gasteiger partial charge in [0.25, 0.3) is 5.91 Å². The Kier molecular flexibility index (Phi) is 4.67. The van der Waals surface area contributed by atoms with Crippen LogP contribution in [0.25, 0.3) is 0 Å². The molecule has 2 aromatic rings. The van der Waals surface area contributed by atoms with Gasteiger partial charge in [-0.05, 0) is 18.6 Å². The van der Waals surface area contributed by atoms with Gasteiger partial charge in [-0.25, -0.2) is 8.78 Å². The fourth-order valence-electron chi connectivity index (χ4n) is 2.03. The predicted molar refractivity (Wildman–Crippen MR) is 70.6 cm³/mol. The van der Waals surface area contributed by atoms with Gasteiger partial charge in [0, 0.05) is 25.4 Å². The quantitative estimate of drug-likeness (QED) is 0.875. The molecule has 0 saturated heterocycles. The first kappa shape index (κ1) is 16.9. The van der Waals surface area contributed by atoms with Crippen LogP contribution in [-0.4, -0.2) is 22.2 Å². The normalized spacial score (nSPS) is 11.6. The molecule has 0 radical (unpaired) electrons. The van der Waals surface area contributed by atoms with Gasteiger partial charge in [-0.2, -0.15) is 18.3 Å². The fourth-order valence-corrected chi connectivity index (χ4v) is 2.03. The van der Waals surface area contributed by atoms with E-state index in [1.807, 2.05) is 0 Å². The molecule has 2 rings (SSSR count). The molecule has 0 atom stereocenters. The third-order valence-electron chi connectivity index (χ3n) is 3.06. The Balaban J connectivity index is 2.07. The van der Waals surface area contributed by atoms with Crippen LogP contribution in [0.2, 0.25) is 0 Å². The molecule has 1 N–H and O–H groups in total. The molecule has 23 heavy (non-hydrogen) atoms. The van der Waals surface area contributed by atoms with Gasteiger partial charge >= 0.3 is 6.18 Å². The number of nitrogens with one attached hydrogen (secondary N) is 1. The minimum atomic E-state index is -4.77. The average molecular weight is 333 g/mol. The molecule has 0 aliphatic heterocycles. The number of alkyl halides is 3. The average Bonchev–Trinajstić information content (AvgIpc) is 2.84. The van der Waals surface area contributed by atoms with Gasteiger partial charge in [-0.1, -0.05) is 6.07 Å². The number of halogens is 5. The summed E-state index contributed by atoms with van der Waals surface area (Å²) in [6, 6.07) is 3.31. The number of benzene rings is 1. The molecule has 9 heteroatoms. The first-order valence-corrected chi connectivity index (χ1v) is 6.52. The smallest absolute Gasteiger partial charge is 0.352 e. The van der Waals surface area contributed by atoms with Gasteiger partial charge in [-0.15, -0.1) is 0 Å². The van der Waals surface area contributed by atoms with E-state index in [2.05, 4.69) is 10.4 Å². The third-order valence-corrected chi connectivity index (χ3v) is 3.06. The number of hydrogen-bond acceptors (Lipinski definition) is 2. The maximum atomic E-state index is 13.4. The number of carbonyl (C=O) groups is 1. The zero-order chi connectivity index (χ0) is 17.2. The fraction of sp³-hybridized carbons (Fsp3) is 0.286. The molecule has 1 aromatic carbocycles. The Morgan fingerprint density at radius 1 is 1.26 bits per heavy atom. The Morgan fingerprint density at radius 2 is 1.87 bits per heavy atom. The minimum Gasteiger partial charge on any atom is -0.352 e. The standard InChI is InChI=1S/C14H12F5N3O/c1-22-7-9(12(21-22)14(17,18)19)13(23)20-6-5-8-10(15)3-2-4-11(8)16/h2-4,7H,5-6H2,1H3,(H,20,23). The summed E-state index contributed by atoms with van der Waals surface area (Å²) in [6.07, 6.45) is -4.03. The highest BCUT2D eigenvalue weighted by Gasteiger charge is 2.38. The number of hydrogen-bond donors (Lipinski definition) is 1. The molecule has 0 fully saturated rings. The second-order valence-corrected chi connectivity index (χ2v) is 4.77. The lowest BCUT2D eigenvalue weighted by Gasteiger charge is -2.08. The molecule has 1 aromatic heterocycles. The first-order chi connectivity index (χ1) is 10.7. The van der Waals surface area contributed by atoms with Crippen molar-refractivity contribution in [2.45, 2.75) is 12.6 Å². The summed E-state index contributed by atoms with van der Waals surface area (Å²) in [5.41, 5.74) is -2.20. The Morgan fingerprint density at radius 3 is 2.43 bits per heavy atom. The number of carbonyl (C=O) groups excluding carboxylic acids is 1. The lowest BCUT2D eigenvalue weighted by atomic mass is 10.1. The number of amides is 1. The predicted octanol–water partition coefficient (Wildman–Crippen LogP) is 2.69. The maximum Gasteiger partial charge on any atom is 0.435 e. The van der Waals surface area contributed by atoms with Gasteiger partial charge in [0.2, 0.25) is 0 Å². The molecule has 0 aliphatic carbocycles. The van der Waals surface area contributed by atoms with Crippen LogP contribution in [0.1, 0.15) is 21.6 Å². The molecule has 0 unspecified atom stereocenters. The van der Waals surface area contributed by atoms with Crippen molar-refractivity contribution in [2.24, 2.45) is 7.05 Å². The van der Waals surface area contributed by atoms with Crippen molar-refractivity contribution in [1.29, 1.82) is 0 Å². The number of aryl methyl sites for hydroxylation is 1. The highest BCUT2D eigenvalue weighted by atomic mass is 19.4. The van der Waals surface area contributed by atoms with Gasteiger partial charge in [-0.3, -0.25) is 9.48 Å². The van der Waals surface area contributed by atoms with E-state index in [0.29, 0.717) is 0 Å². The summed E-state index contributed by atoms with van der Waals surface area (Å²) in [5, 5.41) is 5.41. The monoisotopic (exact) mass is 333 g/mol. The minimum absolute atomic E-state index is 0.189. The topological polar surface area (TPSA) is 46.9 Å². The third kappa shape index (κ3) is 3.85. The summed E-state index contributed by atoms with van der Waals surface area (Å²) in [4.78, 5) is 11.8. The van der Waals surface area contributed by atoms with Crippen LogP contribution in [0.15, 0.2) is 24.4 Å². The van der Waals surface area contributed by atoms with E-state index < -0.39 is 35.0 Å². The lowest BCUT2D eigenvalue weighted by molar-refractivity contribution is -0.141. The van der Waals surface area contributed by atoms with Crippen molar-refractivity contribution in [1.82, 2.24) is 15.1 Å². The van der Waals surface area contributed by atoms with E-state index in [9.17, 15) is 26.7 Å². The SMILES string of the molecule is Cn1cc(C(=O)NCCc2c(F)cccc2F)c(C(F)(F)F)n1. The van der Waals surface area contributed by atoms with Crippen LogP contribution < -0.4 is 5.32 Å². The van der Waals surface area contributed by atoms with Crippen molar-refractivity contribution >= 4 is 5.91 Å². The van der Waals surface area contributed by atoms with Crippen LogP contribution in [0, 0.1) is 11.6 Å². The van der Waals surface area contributed by atoms with E-state index >= 15 is 0 Å². The molecule has 0 saturated carbocycles. The summed E-state index contributed by atoms with van der Waals surface area (Å²) in [7, 11) is 1.25. The number of aromatic nitrogens is 2. The van der Waals surface area contributed by atoms with Crippen molar-refractivity contribution in [3.8, 4) is 0 Å². The highest BCUT2D eigenvalue weighted by molar-refractivity contribution is 5.95. The van der Waals surface area contributed by atoms with Crippen molar-refractivity contribution in [3.05, 3.63) is 52.9 Å². The highest BCUT2D eigenvalue weighted by Crippen LogP contribution is 2.30. The summed E-state index contributed by atoms with van der Waals surface area (Å²) >= 11 is 0. The van der Waals surface area contributed by atoms with Crippen molar-refractivity contribution < 1.29 is 26.7 Å². The van der Waals surface area contributed by atoms with Crippen LogP contribution in [0.5, 0.6) is 0 Å². The molecular weight excluding hydrogens is 321 g/mol. The van der Waals surface area contributed by atoms with Gasteiger partial charge < -0.3 is 5.32 Å². The molecule has 0 spiro atoms. The Hall–Kier alpha value is -2.45. The van der Waals surface area contributed by atoms with Crippen LogP contribution in [0.4, 0.5) is 22.0 Å². The molecular formula is C14H12F5N3O. The van der Waals surface area contributed by atoms with Crippen molar-refractivity contribution in [2.75, 3.05) is 6.54 Å². The van der Waals surface area contributed by atoms with E-state index in [1.54, 1.807) is 0 Å². The maximum absolute atomic E-state index is 13.4. The van der Waals surface area contributed by atoms with E-state index in [0.717, 1.165) is 23.0 Å². The molecule has 0 bridgehead atoms. The molecule has 4 nitrogen and oxygen atoms in total. The van der Waals surface area contributed by atoms with Gasteiger partial charge in [0.1, 0.15) is 11.6 Å².